The number of hydrogen-bond donors (Lipinski definition) is 2. The Morgan fingerprint density at radius 2 is 2.36 bits per heavy atom. The first-order valence-electron chi connectivity index (χ1n) is 4.81. The lowest BCUT2D eigenvalue weighted by molar-refractivity contribution is 0.267. The van der Waals surface area contributed by atoms with Crippen molar-refractivity contribution in [1.82, 2.24) is 5.32 Å². The maximum Gasteiger partial charge on any atom is 0.0124 e. The molecule has 0 aromatic heterocycles. The van der Waals surface area contributed by atoms with Gasteiger partial charge in [-0.3, -0.25) is 0 Å². The highest BCUT2D eigenvalue weighted by Crippen LogP contribution is 2.46. The maximum absolute atomic E-state index is 5.63. The highest BCUT2D eigenvalue weighted by Gasteiger charge is 2.44. The van der Waals surface area contributed by atoms with Gasteiger partial charge in [-0.25, -0.2) is 0 Å². The molecule has 0 aromatic rings. The van der Waals surface area contributed by atoms with Crippen molar-refractivity contribution >= 4 is 0 Å². The van der Waals surface area contributed by atoms with Crippen molar-refractivity contribution in [1.29, 1.82) is 0 Å². The molecule has 2 nitrogen and oxygen atoms in total. The molecule has 2 aliphatic rings. The third-order valence-corrected chi connectivity index (χ3v) is 3.56. The van der Waals surface area contributed by atoms with E-state index in [-0.39, 0.29) is 0 Å². The monoisotopic (exact) mass is 154 g/mol. The van der Waals surface area contributed by atoms with Crippen molar-refractivity contribution in [3.05, 3.63) is 0 Å². The number of nitrogens with one attached hydrogen (secondary N) is 1. The van der Waals surface area contributed by atoms with Crippen molar-refractivity contribution in [2.45, 2.75) is 38.1 Å². The van der Waals surface area contributed by atoms with Gasteiger partial charge in [-0.1, -0.05) is 6.42 Å². The molecule has 1 aliphatic heterocycles. The van der Waals surface area contributed by atoms with Gasteiger partial charge in [0.05, 0.1) is 0 Å². The Hall–Kier alpha value is -0.0800. The molecule has 2 atom stereocenters. The van der Waals surface area contributed by atoms with E-state index in [1.165, 1.54) is 38.6 Å². The summed E-state index contributed by atoms with van der Waals surface area (Å²) in [5, 5.41) is 3.59. The quantitative estimate of drug-likeness (QED) is 0.619. The summed E-state index contributed by atoms with van der Waals surface area (Å²) in [7, 11) is 0. The van der Waals surface area contributed by atoms with Gasteiger partial charge in [-0.15, -0.1) is 0 Å². The van der Waals surface area contributed by atoms with E-state index < -0.39 is 0 Å². The van der Waals surface area contributed by atoms with Crippen LogP contribution in [0.25, 0.3) is 0 Å². The lowest BCUT2D eigenvalue weighted by Gasteiger charge is -2.27. The number of hydrogen-bond acceptors (Lipinski definition) is 2. The van der Waals surface area contributed by atoms with Gasteiger partial charge in [-0.05, 0) is 44.2 Å². The zero-order valence-corrected chi connectivity index (χ0v) is 7.10. The molecule has 3 N–H and O–H groups in total. The highest BCUT2D eigenvalue weighted by atomic mass is 15.0. The van der Waals surface area contributed by atoms with E-state index in [1.54, 1.807) is 0 Å². The molecule has 0 aromatic carbocycles. The summed E-state index contributed by atoms with van der Waals surface area (Å²) in [6.07, 6.45) is 6.83. The normalized spacial score (nSPS) is 42.8. The molecule has 0 bridgehead atoms. The van der Waals surface area contributed by atoms with Gasteiger partial charge in [0.1, 0.15) is 0 Å². The molecule has 1 aliphatic carbocycles. The lowest BCUT2D eigenvalue weighted by atomic mass is 9.79. The maximum atomic E-state index is 5.63. The van der Waals surface area contributed by atoms with Crippen molar-refractivity contribution in [3.63, 3.8) is 0 Å². The molecule has 2 heteroatoms. The SMILES string of the molecule is NCCC12CCCC1NCC2. The Morgan fingerprint density at radius 1 is 1.45 bits per heavy atom. The molecule has 1 heterocycles. The zero-order chi connectivity index (χ0) is 7.73. The molecule has 2 rings (SSSR count). The predicted octanol–water partition coefficient (Wildman–Crippen LogP) is 0.867. The van der Waals surface area contributed by atoms with E-state index >= 15 is 0 Å². The van der Waals surface area contributed by atoms with Crippen LogP contribution < -0.4 is 11.1 Å². The van der Waals surface area contributed by atoms with E-state index in [0.717, 1.165) is 12.6 Å². The number of fused-ring (bicyclic) bond motifs is 1. The van der Waals surface area contributed by atoms with Gasteiger partial charge in [0.15, 0.2) is 0 Å². The van der Waals surface area contributed by atoms with Crippen molar-refractivity contribution in [3.8, 4) is 0 Å². The minimum Gasteiger partial charge on any atom is -0.330 e. The van der Waals surface area contributed by atoms with Gasteiger partial charge >= 0.3 is 0 Å². The first-order chi connectivity index (χ1) is 5.37. The van der Waals surface area contributed by atoms with Crippen molar-refractivity contribution < 1.29 is 0 Å². The van der Waals surface area contributed by atoms with Crippen LogP contribution in [0.15, 0.2) is 0 Å². The predicted molar refractivity (Wildman–Crippen MR) is 46.4 cm³/mol. The Bertz CT molecular complexity index is 134. The molecule has 11 heavy (non-hydrogen) atoms. The molecule has 1 saturated heterocycles. The van der Waals surface area contributed by atoms with E-state index in [1.807, 2.05) is 0 Å². The summed E-state index contributed by atoms with van der Waals surface area (Å²) in [4.78, 5) is 0. The second kappa shape index (κ2) is 2.76. The van der Waals surface area contributed by atoms with Gasteiger partial charge in [0.2, 0.25) is 0 Å². The summed E-state index contributed by atoms with van der Waals surface area (Å²) < 4.78 is 0. The fourth-order valence-corrected chi connectivity index (χ4v) is 2.96. The topological polar surface area (TPSA) is 38.0 Å². The van der Waals surface area contributed by atoms with Crippen LogP contribution >= 0.6 is 0 Å². The summed E-state index contributed by atoms with van der Waals surface area (Å²) in [5.41, 5.74) is 6.25. The van der Waals surface area contributed by atoms with Crippen LogP contribution in [0.5, 0.6) is 0 Å². The zero-order valence-electron chi connectivity index (χ0n) is 7.10. The minimum atomic E-state index is 0.620. The van der Waals surface area contributed by atoms with E-state index in [2.05, 4.69) is 5.32 Å². The molecule has 2 unspecified atom stereocenters. The average molecular weight is 154 g/mol. The van der Waals surface area contributed by atoms with Gasteiger partial charge in [-0.2, -0.15) is 0 Å². The fourth-order valence-electron chi connectivity index (χ4n) is 2.96. The number of rotatable bonds is 2. The van der Waals surface area contributed by atoms with Crippen LogP contribution in [0.4, 0.5) is 0 Å². The van der Waals surface area contributed by atoms with Crippen LogP contribution in [0, 0.1) is 5.41 Å². The van der Waals surface area contributed by atoms with E-state index in [9.17, 15) is 0 Å². The van der Waals surface area contributed by atoms with Crippen LogP contribution in [-0.4, -0.2) is 19.1 Å². The first kappa shape index (κ1) is 7.56. The Kier molecular flexibility index (Phi) is 1.90. The van der Waals surface area contributed by atoms with Crippen molar-refractivity contribution in [2.75, 3.05) is 13.1 Å². The molecule has 64 valence electrons. The molecular weight excluding hydrogens is 136 g/mol. The minimum absolute atomic E-state index is 0.620. The second-order valence-corrected chi connectivity index (χ2v) is 4.05. The van der Waals surface area contributed by atoms with Crippen LogP contribution in [0.1, 0.15) is 32.1 Å². The van der Waals surface area contributed by atoms with E-state index in [4.69, 9.17) is 5.73 Å². The lowest BCUT2D eigenvalue weighted by Crippen LogP contribution is -2.33. The molecular formula is C9H18N2. The Balaban J connectivity index is 2.07. The van der Waals surface area contributed by atoms with Gasteiger partial charge < -0.3 is 11.1 Å². The standard InChI is InChI=1S/C9H18N2/c10-6-4-9-3-1-2-8(9)11-7-5-9/h8,11H,1-7,10H2. The van der Waals surface area contributed by atoms with Crippen LogP contribution in [0.3, 0.4) is 0 Å². The molecule has 1 saturated carbocycles. The number of nitrogens with two attached hydrogens (primary N) is 1. The highest BCUT2D eigenvalue weighted by molar-refractivity contribution is 5.01. The molecule has 0 amide bonds. The van der Waals surface area contributed by atoms with Gasteiger partial charge in [0, 0.05) is 6.04 Å². The Labute approximate surface area is 68.5 Å². The van der Waals surface area contributed by atoms with Gasteiger partial charge in [0.25, 0.3) is 0 Å². The summed E-state index contributed by atoms with van der Waals surface area (Å²) in [6, 6.07) is 0.811. The summed E-state index contributed by atoms with van der Waals surface area (Å²) in [5.74, 6) is 0. The molecule has 0 spiro atoms. The average Bonchev–Trinajstić information content (AvgIpc) is 2.45. The molecule has 0 radical (unpaired) electrons. The molecule has 2 fully saturated rings. The largest absolute Gasteiger partial charge is 0.330 e. The van der Waals surface area contributed by atoms with Crippen LogP contribution in [-0.2, 0) is 0 Å². The summed E-state index contributed by atoms with van der Waals surface area (Å²) >= 11 is 0. The first-order valence-corrected chi connectivity index (χ1v) is 4.81. The van der Waals surface area contributed by atoms with E-state index in [0.29, 0.717) is 5.41 Å². The van der Waals surface area contributed by atoms with Crippen molar-refractivity contribution in [2.24, 2.45) is 11.1 Å². The van der Waals surface area contributed by atoms with Crippen LogP contribution in [0.2, 0.25) is 0 Å². The Morgan fingerprint density at radius 3 is 3.18 bits per heavy atom. The second-order valence-electron chi connectivity index (χ2n) is 4.05. The summed E-state index contributed by atoms with van der Waals surface area (Å²) in [6.45, 7) is 2.10. The third-order valence-electron chi connectivity index (χ3n) is 3.56. The smallest absolute Gasteiger partial charge is 0.0124 e. The fraction of sp³-hybridized carbons (Fsp3) is 1.00. The third kappa shape index (κ3) is 1.09.